The average Bonchev–Trinajstić information content (AvgIpc) is 3.19. The van der Waals surface area contributed by atoms with E-state index in [2.05, 4.69) is 0 Å². The zero-order valence-electron chi connectivity index (χ0n) is 16.0. The molecule has 1 aliphatic heterocycles. The Morgan fingerprint density at radius 1 is 1.00 bits per heavy atom. The van der Waals surface area contributed by atoms with E-state index in [1.165, 1.54) is 29.6 Å². The highest BCUT2D eigenvalue weighted by atomic mass is 35.5. The van der Waals surface area contributed by atoms with E-state index in [1.807, 2.05) is 12.1 Å². The van der Waals surface area contributed by atoms with Gasteiger partial charge < -0.3 is 9.47 Å². The monoisotopic (exact) mass is 443 g/mol. The second kappa shape index (κ2) is 8.01. The van der Waals surface area contributed by atoms with Gasteiger partial charge in [-0.2, -0.15) is 0 Å². The molecule has 0 saturated carbocycles. The number of methoxy groups -OCH3 is 1. The molecular weight excluding hydrogens is 426 g/mol. The van der Waals surface area contributed by atoms with Crippen molar-refractivity contribution in [3.8, 4) is 11.5 Å². The molecule has 6 nitrogen and oxygen atoms in total. The van der Waals surface area contributed by atoms with Crippen molar-refractivity contribution in [2.24, 2.45) is 0 Å². The maximum absolute atomic E-state index is 13.3. The number of ether oxygens (including phenoxy) is 2. The van der Waals surface area contributed by atoms with Crippen LogP contribution in [0.25, 0.3) is 0 Å². The van der Waals surface area contributed by atoms with Crippen LogP contribution in [0.2, 0.25) is 5.02 Å². The highest BCUT2D eigenvalue weighted by Crippen LogP contribution is 2.35. The molecule has 1 aliphatic rings. The summed E-state index contributed by atoms with van der Waals surface area (Å²) in [5.41, 5.74) is 1.64. The molecular formula is C22H18ClNO5S. The van der Waals surface area contributed by atoms with E-state index in [1.54, 1.807) is 36.4 Å². The van der Waals surface area contributed by atoms with Crippen molar-refractivity contribution in [2.75, 3.05) is 18.0 Å². The lowest BCUT2D eigenvalue weighted by Gasteiger charge is -2.20. The van der Waals surface area contributed by atoms with Gasteiger partial charge in [0.1, 0.15) is 4.90 Å². The number of carbonyl (C=O) groups is 1. The van der Waals surface area contributed by atoms with Gasteiger partial charge >= 0.3 is 5.97 Å². The van der Waals surface area contributed by atoms with E-state index in [0.29, 0.717) is 24.4 Å². The topological polar surface area (TPSA) is 72.9 Å². The van der Waals surface area contributed by atoms with E-state index in [0.717, 1.165) is 5.56 Å². The van der Waals surface area contributed by atoms with Gasteiger partial charge in [-0.1, -0.05) is 41.9 Å². The molecule has 154 valence electrons. The van der Waals surface area contributed by atoms with Gasteiger partial charge in [0, 0.05) is 6.54 Å². The predicted octanol–water partition coefficient (Wildman–Crippen LogP) is 4.32. The van der Waals surface area contributed by atoms with E-state index in [-0.39, 0.29) is 21.2 Å². The summed E-state index contributed by atoms with van der Waals surface area (Å²) in [7, 11) is -2.49. The Kier molecular flexibility index (Phi) is 5.40. The number of hydrogen-bond donors (Lipinski definition) is 0. The minimum Gasteiger partial charge on any atom is -0.493 e. The lowest BCUT2D eigenvalue weighted by atomic mass is 10.2. The molecule has 0 aromatic heterocycles. The molecule has 0 bridgehead atoms. The van der Waals surface area contributed by atoms with E-state index < -0.39 is 16.0 Å². The highest BCUT2D eigenvalue weighted by molar-refractivity contribution is 7.93. The molecule has 0 aliphatic carbocycles. The zero-order chi connectivity index (χ0) is 21.3. The minimum atomic E-state index is -3.96. The van der Waals surface area contributed by atoms with Crippen molar-refractivity contribution in [3.05, 3.63) is 82.9 Å². The second-order valence-electron chi connectivity index (χ2n) is 6.64. The Balaban J connectivity index is 1.68. The third-order valence-corrected chi connectivity index (χ3v) is 7.15. The van der Waals surface area contributed by atoms with Crippen LogP contribution in [-0.4, -0.2) is 28.0 Å². The quantitative estimate of drug-likeness (QED) is 0.433. The minimum absolute atomic E-state index is 0.0354. The highest BCUT2D eigenvalue weighted by Gasteiger charge is 2.32. The third-order valence-electron chi connectivity index (χ3n) is 4.85. The van der Waals surface area contributed by atoms with Gasteiger partial charge in [0.2, 0.25) is 0 Å². The van der Waals surface area contributed by atoms with Gasteiger partial charge in [0.05, 0.1) is 23.4 Å². The Morgan fingerprint density at radius 3 is 2.47 bits per heavy atom. The number of esters is 1. The lowest BCUT2D eigenvalue weighted by molar-refractivity contribution is 0.0729. The number of nitrogens with zero attached hydrogens (tertiary/aromatic N) is 1. The third kappa shape index (κ3) is 3.62. The number of para-hydroxylation sites is 3. The molecule has 0 saturated heterocycles. The van der Waals surface area contributed by atoms with Gasteiger partial charge in [-0.25, -0.2) is 13.2 Å². The number of fused-ring (bicyclic) bond motifs is 1. The fourth-order valence-corrected chi connectivity index (χ4v) is 5.37. The van der Waals surface area contributed by atoms with Crippen molar-refractivity contribution in [2.45, 2.75) is 11.3 Å². The molecule has 8 heteroatoms. The maximum Gasteiger partial charge on any atom is 0.343 e. The second-order valence-corrected chi connectivity index (χ2v) is 8.88. The van der Waals surface area contributed by atoms with E-state index >= 15 is 0 Å². The molecule has 0 N–H and O–H groups in total. The Bertz CT molecular complexity index is 1230. The van der Waals surface area contributed by atoms with Crippen molar-refractivity contribution in [1.29, 1.82) is 0 Å². The van der Waals surface area contributed by atoms with Crippen LogP contribution in [0.3, 0.4) is 0 Å². The van der Waals surface area contributed by atoms with Crippen molar-refractivity contribution < 1.29 is 22.7 Å². The summed E-state index contributed by atoms with van der Waals surface area (Å²) in [5, 5.41) is 0.0354. The number of carbonyl (C=O) groups excluding carboxylic acids is 1. The molecule has 0 spiro atoms. The van der Waals surface area contributed by atoms with E-state index in [9.17, 15) is 13.2 Å². The molecule has 3 aromatic rings. The molecule has 30 heavy (non-hydrogen) atoms. The normalized spacial score (nSPS) is 13.1. The Labute approximate surface area is 179 Å². The molecule has 4 rings (SSSR count). The fourth-order valence-electron chi connectivity index (χ4n) is 3.37. The van der Waals surface area contributed by atoms with Crippen LogP contribution in [0, 0.1) is 0 Å². The van der Waals surface area contributed by atoms with Crippen molar-refractivity contribution in [3.63, 3.8) is 0 Å². The lowest BCUT2D eigenvalue weighted by Crippen LogP contribution is -2.29. The van der Waals surface area contributed by atoms with Crippen molar-refractivity contribution >= 4 is 33.3 Å². The molecule has 3 aromatic carbocycles. The largest absolute Gasteiger partial charge is 0.493 e. The van der Waals surface area contributed by atoms with Crippen LogP contribution in [0.1, 0.15) is 15.9 Å². The molecule has 0 radical (unpaired) electrons. The summed E-state index contributed by atoms with van der Waals surface area (Å²) in [6, 6.07) is 18.1. The number of benzene rings is 3. The smallest absolute Gasteiger partial charge is 0.343 e. The SMILES string of the molecule is COc1ccccc1OC(=O)c1ccc(Cl)c(S(=O)(=O)N2CCc3ccccc32)c1. The number of sulfonamides is 1. The van der Waals surface area contributed by atoms with Gasteiger partial charge in [-0.3, -0.25) is 4.31 Å². The van der Waals surface area contributed by atoms with Crippen LogP contribution in [0.4, 0.5) is 5.69 Å². The number of hydrogen-bond acceptors (Lipinski definition) is 5. The van der Waals surface area contributed by atoms with Crippen LogP contribution in [0.5, 0.6) is 11.5 Å². The van der Waals surface area contributed by atoms with Crippen LogP contribution < -0.4 is 13.8 Å². The summed E-state index contributed by atoms with van der Waals surface area (Å²) in [5.74, 6) is -0.0893. The fraction of sp³-hybridized carbons (Fsp3) is 0.136. The Hall–Kier alpha value is -3.03. The summed E-state index contributed by atoms with van der Waals surface area (Å²) in [4.78, 5) is 12.5. The van der Waals surface area contributed by atoms with Gasteiger partial charge in [-0.15, -0.1) is 0 Å². The average molecular weight is 444 g/mol. The van der Waals surface area contributed by atoms with Gasteiger partial charge in [-0.05, 0) is 48.4 Å². The molecule has 0 fully saturated rings. The standard InChI is InChI=1S/C22H18ClNO5S/c1-28-19-8-4-5-9-20(19)29-22(25)16-10-11-17(23)21(14-16)30(26,27)24-13-12-15-6-2-3-7-18(15)24/h2-11,14H,12-13H2,1H3. The van der Waals surface area contributed by atoms with Crippen LogP contribution in [0.15, 0.2) is 71.6 Å². The first-order valence-electron chi connectivity index (χ1n) is 9.17. The predicted molar refractivity (Wildman–Crippen MR) is 114 cm³/mol. The van der Waals surface area contributed by atoms with E-state index in [4.69, 9.17) is 21.1 Å². The first kappa shape index (κ1) is 20.3. The number of halogens is 1. The summed E-state index contributed by atoms with van der Waals surface area (Å²) < 4.78 is 38.5. The molecule has 0 atom stereocenters. The number of rotatable bonds is 5. The Morgan fingerprint density at radius 2 is 1.70 bits per heavy atom. The van der Waals surface area contributed by atoms with Gasteiger partial charge in [0.15, 0.2) is 11.5 Å². The molecule has 0 unspecified atom stereocenters. The first-order valence-corrected chi connectivity index (χ1v) is 11.0. The first-order chi connectivity index (χ1) is 14.4. The van der Waals surface area contributed by atoms with Gasteiger partial charge in [0.25, 0.3) is 10.0 Å². The number of anilines is 1. The zero-order valence-corrected chi connectivity index (χ0v) is 17.6. The molecule has 1 heterocycles. The maximum atomic E-state index is 13.3. The van der Waals surface area contributed by atoms with Crippen LogP contribution in [-0.2, 0) is 16.4 Å². The summed E-state index contributed by atoms with van der Waals surface area (Å²) in [6.07, 6.45) is 0.614. The summed E-state index contributed by atoms with van der Waals surface area (Å²) >= 11 is 6.22. The van der Waals surface area contributed by atoms with Crippen molar-refractivity contribution in [1.82, 2.24) is 0 Å². The summed E-state index contributed by atoms with van der Waals surface area (Å²) in [6.45, 7) is 0.313. The van der Waals surface area contributed by atoms with Crippen LogP contribution >= 0.6 is 11.6 Å². The molecule has 0 amide bonds.